The van der Waals surface area contributed by atoms with Crippen molar-refractivity contribution in [2.75, 3.05) is 0 Å². The molecule has 0 amide bonds. The molecule has 1 aromatic rings. The van der Waals surface area contributed by atoms with Gasteiger partial charge in [0, 0.05) is 12.2 Å². The van der Waals surface area contributed by atoms with Crippen LogP contribution in [0.2, 0.25) is 0 Å². The molecule has 3 N–H and O–H groups in total. The Morgan fingerprint density at radius 2 is 1.43 bits per heavy atom. The normalized spacial score (nSPS) is 10.1. The van der Waals surface area contributed by atoms with Gasteiger partial charge in [-0.05, 0) is 11.6 Å². The van der Waals surface area contributed by atoms with E-state index in [-0.39, 0.29) is 5.57 Å². The molecule has 1 aromatic carbocycles. The molecular weight excluding hydrogens is 278 g/mol. The van der Waals surface area contributed by atoms with Gasteiger partial charge in [0.05, 0.1) is 0 Å². The topological polar surface area (TPSA) is 136 Å². The smallest absolute Gasteiger partial charge is 0.346 e. The molecule has 0 fully saturated rings. The van der Waals surface area contributed by atoms with Crippen molar-refractivity contribution in [2.24, 2.45) is 0 Å². The van der Waals surface area contributed by atoms with Crippen molar-refractivity contribution in [3.63, 3.8) is 0 Å². The van der Waals surface area contributed by atoms with Gasteiger partial charge in [-0.2, -0.15) is 5.26 Å². The number of carboxylic acids is 3. The Hall–Kier alpha value is -3.40. The molecule has 0 heterocycles. The second-order valence-electron chi connectivity index (χ2n) is 3.40. The molecule has 0 aliphatic heterocycles. The molecule has 0 aliphatic rings. The lowest BCUT2D eigenvalue weighted by Crippen LogP contribution is -1.97. The third kappa shape index (κ3) is 9.21. The van der Waals surface area contributed by atoms with Gasteiger partial charge in [-0.1, -0.05) is 30.3 Å². The number of benzene rings is 1. The highest BCUT2D eigenvalue weighted by atomic mass is 16.4. The van der Waals surface area contributed by atoms with E-state index < -0.39 is 17.9 Å². The van der Waals surface area contributed by atoms with Crippen LogP contribution in [-0.2, 0) is 14.4 Å². The van der Waals surface area contributed by atoms with Gasteiger partial charge in [-0.3, -0.25) is 0 Å². The Bertz CT molecular complexity index is 594. The molecule has 7 heteroatoms. The average Bonchev–Trinajstić information content (AvgIpc) is 2.44. The van der Waals surface area contributed by atoms with E-state index in [2.05, 4.69) is 0 Å². The molecule has 7 nitrogen and oxygen atoms in total. The molecule has 0 aromatic heterocycles. The number of rotatable bonds is 4. The van der Waals surface area contributed by atoms with Crippen LogP contribution in [0.4, 0.5) is 0 Å². The zero-order valence-corrected chi connectivity index (χ0v) is 10.6. The number of hydrogen-bond donors (Lipinski definition) is 3. The molecule has 0 aliphatic carbocycles. The van der Waals surface area contributed by atoms with Crippen molar-refractivity contribution in [1.82, 2.24) is 0 Å². The first-order chi connectivity index (χ1) is 9.86. The largest absolute Gasteiger partial charge is 0.478 e. The van der Waals surface area contributed by atoms with E-state index in [9.17, 15) is 14.4 Å². The van der Waals surface area contributed by atoms with Gasteiger partial charge >= 0.3 is 17.9 Å². The number of carboxylic acid groups (broad SMARTS) is 3. The van der Waals surface area contributed by atoms with Crippen LogP contribution in [-0.4, -0.2) is 33.2 Å². The second-order valence-corrected chi connectivity index (χ2v) is 3.40. The van der Waals surface area contributed by atoms with E-state index in [1.807, 2.05) is 6.07 Å². The van der Waals surface area contributed by atoms with E-state index in [1.165, 1.54) is 6.08 Å². The standard InChI is InChI=1S/C10H7NO2.C4H4O4/c11-7-9(10(12)13)6-8-4-2-1-3-5-8;5-3(6)1-2-4(7)8/h1-6H,(H,12,13);1-2H,(H,5,6)(H,7,8)/b;2-1-. The molecule has 0 atom stereocenters. The Labute approximate surface area is 119 Å². The third-order valence-corrected chi connectivity index (χ3v) is 1.83. The molecule has 0 radical (unpaired) electrons. The van der Waals surface area contributed by atoms with Crippen molar-refractivity contribution in [3.05, 3.63) is 53.6 Å². The summed E-state index contributed by atoms with van der Waals surface area (Å²) in [5, 5.41) is 32.6. The van der Waals surface area contributed by atoms with Crippen LogP contribution in [0.5, 0.6) is 0 Å². The number of nitrogens with zero attached hydrogens (tertiary/aromatic N) is 1. The van der Waals surface area contributed by atoms with Crippen LogP contribution in [0.3, 0.4) is 0 Å². The number of nitriles is 1. The Balaban J connectivity index is 0.000000433. The third-order valence-electron chi connectivity index (χ3n) is 1.83. The fourth-order valence-electron chi connectivity index (χ4n) is 1.00. The molecule has 0 bridgehead atoms. The maximum atomic E-state index is 10.4. The maximum Gasteiger partial charge on any atom is 0.346 e. The minimum absolute atomic E-state index is 0.258. The number of carbonyl (C=O) groups is 3. The first kappa shape index (κ1) is 17.6. The van der Waals surface area contributed by atoms with E-state index >= 15 is 0 Å². The van der Waals surface area contributed by atoms with Gasteiger partial charge in [-0.25, -0.2) is 14.4 Å². The highest BCUT2D eigenvalue weighted by Crippen LogP contribution is 2.05. The van der Waals surface area contributed by atoms with Crippen LogP contribution >= 0.6 is 0 Å². The van der Waals surface area contributed by atoms with E-state index in [0.29, 0.717) is 17.7 Å². The summed E-state index contributed by atoms with van der Waals surface area (Å²) in [6.45, 7) is 0. The summed E-state index contributed by atoms with van der Waals surface area (Å²) in [6.07, 6.45) is 2.45. The Morgan fingerprint density at radius 1 is 0.952 bits per heavy atom. The molecule has 21 heavy (non-hydrogen) atoms. The van der Waals surface area contributed by atoms with Gasteiger partial charge in [0.1, 0.15) is 11.6 Å². The fourth-order valence-corrected chi connectivity index (χ4v) is 1.00. The summed E-state index contributed by atoms with van der Waals surface area (Å²) in [7, 11) is 0. The predicted octanol–water partition coefficient (Wildman–Crippen LogP) is 1.39. The summed E-state index contributed by atoms with van der Waals surface area (Å²) in [4.78, 5) is 29.6. The van der Waals surface area contributed by atoms with Crippen LogP contribution in [0.15, 0.2) is 48.1 Å². The van der Waals surface area contributed by atoms with Gasteiger partial charge in [0.15, 0.2) is 0 Å². The lowest BCUT2D eigenvalue weighted by Gasteiger charge is -1.91. The minimum Gasteiger partial charge on any atom is -0.478 e. The molecule has 0 spiro atoms. The maximum absolute atomic E-state index is 10.4. The molecule has 1 rings (SSSR count). The van der Waals surface area contributed by atoms with Crippen LogP contribution in [0.25, 0.3) is 6.08 Å². The van der Waals surface area contributed by atoms with Gasteiger partial charge in [-0.15, -0.1) is 0 Å². The van der Waals surface area contributed by atoms with Crippen molar-refractivity contribution >= 4 is 24.0 Å². The highest BCUT2D eigenvalue weighted by molar-refractivity contribution is 5.96. The lowest BCUT2D eigenvalue weighted by molar-refractivity contribution is -0.134. The fraction of sp³-hybridized carbons (Fsp3) is 0. The van der Waals surface area contributed by atoms with Crippen LogP contribution in [0, 0.1) is 11.3 Å². The Morgan fingerprint density at radius 3 is 1.76 bits per heavy atom. The van der Waals surface area contributed by atoms with Crippen molar-refractivity contribution in [2.45, 2.75) is 0 Å². The summed E-state index contributed by atoms with van der Waals surface area (Å²) < 4.78 is 0. The van der Waals surface area contributed by atoms with Crippen molar-refractivity contribution in [1.29, 1.82) is 5.26 Å². The van der Waals surface area contributed by atoms with E-state index in [0.717, 1.165) is 0 Å². The van der Waals surface area contributed by atoms with Crippen LogP contribution in [0.1, 0.15) is 5.56 Å². The first-order valence-electron chi connectivity index (χ1n) is 5.41. The quantitative estimate of drug-likeness (QED) is 0.562. The lowest BCUT2D eigenvalue weighted by atomic mass is 10.1. The van der Waals surface area contributed by atoms with Crippen molar-refractivity contribution < 1.29 is 29.7 Å². The zero-order chi connectivity index (χ0) is 16.3. The molecule has 0 saturated carbocycles. The molecule has 108 valence electrons. The predicted molar refractivity (Wildman–Crippen MR) is 72.1 cm³/mol. The number of aliphatic carboxylic acids is 3. The van der Waals surface area contributed by atoms with Crippen LogP contribution < -0.4 is 0 Å². The van der Waals surface area contributed by atoms with Gasteiger partial charge in [0.25, 0.3) is 0 Å². The summed E-state index contributed by atoms with van der Waals surface area (Å²) in [5.41, 5.74) is 0.452. The summed E-state index contributed by atoms with van der Waals surface area (Å²) in [5.74, 6) is -3.72. The summed E-state index contributed by atoms with van der Waals surface area (Å²) in [6, 6.07) is 10.5. The molecule has 0 unspecified atom stereocenters. The SMILES string of the molecule is N#CC(=Cc1ccccc1)C(=O)O.O=C(O)/C=C\C(=O)O. The number of hydrogen-bond acceptors (Lipinski definition) is 4. The minimum atomic E-state index is -1.26. The van der Waals surface area contributed by atoms with Gasteiger partial charge < -0.3 is 15.3 Å². The highest BCUT2D eigenvalue weighted by Gasteiger charge is 2.04. The monoisotopic (exact) mass is 289 g/mol. The Kier molecular flexibility index (Phi) is 7.98. The molecular formula is C14H11NO6. The van der Waals surface area contributed by atoms with Gasteiger partial charge in [0.2, 0.25) is 0 Å². The average molecular weight is 289 g/mol. The summed E-state index contributed by atoms with van der Waals surface area (Å²) >= 11 is 0. The zero-order valence-electron chi connectivity index (χ0n) is 10.6. The van der Waals surface area contributed by atoms with Crippen molar-refractivity contribution in [3.8, 4) is 6.07 Å². The first-order valence-corrected chi connectivity index (χ1v) is 5.41. The van der Waals surface area contributed by atoms with E-state index in [1.54, 1.807) is 30.3 Å². The van der Waals surface area contributed by atoms with E-state index in [4.69, 9.17) is 20.6 Å². The molecule has 0 saturated heterocycles. The second kappa shape index (κ2) is 9.52.